The van der Waals surface area contributed by atoms with Crippen molar-refractivity contribution in [3.05, 3.63) is 65.1 Å². The molecular formula is C25H37NO4. The van der Waals surface area contributed by atoms with Gasteiger partial charge in [-0.3, -0.25) is 0 Å². The number of nitrogens with one attached hydrogen (secondary N) is 1. The van der Waals surface area contributed by atoms with E-state index in [9.17, 15) is 15.3 Å². The third-order valence-electron chi connectivity index (χ3n) is 4.20. The zero-order chi connectivity index (χ0) is 31.2. The Morgan fingerprint density at radius 2 is 1.93 bits per heavy atom. The van der Waals surface area contributed by atoms with Crippen LogP contribution >= 0.6 is 0 Å². The lowest BCUT2D eigenvalue weighted by Crippen LogP contribution is -2.22. The molecule has 0 aliphatic heterocycles. The minimum Gasteiger partial charge on any atom is -0.508 e. The molecule has 30 heavy (non-hydrogen) atoms. The van der Waals surface area contributed by atoms with Crippen LogP contribution in [0.4, 0.5) is 0 Å². The van der Waals surface area contributed by atoms with Crippen molar-refractivity contribution >= 4 is 0 Å². The van der Waals surface area contributed by atoms with Crippen LogP contribution in [-0.4, -0.2) is 41.5 Å². The lowest BCUT2D eigenvalue weighted by Gasteiger charge is -2.14. The van der Waals surface area contributed by atoms with Crippen LogP contribution in [0.25, 0.3) is 0 Å². The normalized spacial score (nSPS) is 21.1. The molecule has 0 aromatic heterocycles. The molecule has 0 aliphatic carbocycles. The smallest absolute Gasteiger partial charge is 0.121 e. The second kappa shape index (κ2) is 15.0. The number of aromatic hydroxyl groups is 1. The summed E-state index contributed by atoms with van der Waals surface area (Å²) in [4.78, 5) is 0. The molecule has 166 valence electrons. The molecule has 0 saturated carbocycles. The average molecular weight is 427 g/mol. The highest BCUT2D eigenvalue weighted by molar-refractivity contribution is 5.36. The molecule has 0 spiro atoms. The first kappa shape index (κ1) is 12.8. The summed E-state index contributed by atoms with van der Waals surface area (Å²) in [6.45, 7) is -8.58. The fraction of sp³-hybridized carbons (Fsp3) is 0.520. The summed E-state index contributed by atoms with van der Waals surface area (Å²) in [5, 5.41) is 32.6. The first-order valence-corrected chi connectivity index (χ1v) is 9.94. The summed E-state index contributed by atoms with van der Waals surface area (Å²) in [6.07, 6.45) is -2.25. The molecule has 0 amide bonds. The molecule has 0 aliphatic rings. The number of hydrogen-bond acceptors (Lipinski definition) is 5. The fourth-order valence-electron chi connectivity index (χ4n) is 2.57. The van der Waals surface area contributed by atoms with E-state index in [1.807, 2.05) is 30.3 Å². The standard InChI is InChI=1S/C25H37NO4/c27-20-23-18-22(13-14-24(23)28)25(29)19-26-15-7-1-2-8-16-30-17-9-6-12-21-10-4-3-5-11-21/h3-5,10-11,13-14,18,25-29H,1-2,6-9,12,15-17,19-20H2/i8D,13D,14D,15D2,16D2,18D,20D2,25D. The Kier molecular flexibility index (Phi) is 6.40. The molecule has 2 aromatic rings. The van der Waals surface area contributed by atoms with Gasteiger partial charge in [0.25, 0.3) is 0 Å². The number of ether oxygens (including phenoxy) is 1. The third kappa shape index (κ3) is 9.72. The van der Waals surface area contributed by atoms with Gasteiger partial charge in [-0.15, -0.1) is 0 Å². The van der Waals surface area contributed by atoms with Gasteiger partial charge in [0.2, 0.25) is 0 Å². The van der Waals surface area contributed by atoms with E-state index in [2.05, 4.69) is 5.32 Å². The molecule has 0 bridgehead atoms. The quantitative estimate of drug-likeness (QED) is 0.304. The summed E-state index contributed by atoms with van der Waals surface area (Å²) in [5.74, 6) is -1.18. The molecule has 5 nitrogen and oxygen atoms in total. The Bertz CT molecular complexity index is 1140. The minimum absolute atomic E-state index is 0.0415. The van der Waals surface area contributed by atoms with Crippen molar-refractivity contribution < 1.29 is 35.1 Å². The molecule has 2 rings (SSSR count). The number of unbranched alkanes of at least 4 members (excludes halogenated alkanes) is 1. The number of rotatable bonds is 16. The summed E-state index contributed by atoms with van der Waals surface area (Å²) >= 11 is 0. The van der Waals surface area contributed by atoms with Gasteiger partial charge in [-0.1, -0.05) is 49.2 Å². The van der Waals surface area contributed by atoms with E-state index >= 15 is 0 Å². The SMILES string of the molecule is [2H]c1c([2H])c(C([2H])(O)CNC([2H])([2H])CCCC([2H])C([2H])([2H])OCCCCc2ccccc2)c([2H])c(C([2H])([2H])O)c1O. The van der Waals surface area contributed by atoms with E-state index in [-0.39, 0.29) is 25.9 Å². The van der Waals surface area contributed by atoms with Crippen molar-refractivity contribution in [1.29, 1.82) is 0 Å². The number of benzene rings is 2. The van der Waals surface area contributed by atoms with Gasteiger partial charge in [-0.2, -0.15) is 0 Å². The van der Waals surface area contributed by atoms with Gasteiger partial charge in [0.15, 0.2) is 0 Å². The maximum atomic E-state index is 10.7. The van der Waals surface area contributed by atoms with Gasteiger partial charge in [0.1, 0.15) is 5.75 Å². The maximum absolute atomic E-state index is 10.7. The maximum Gasteiger partial charge on any atom is 0.121 e. The second-order valence-electron chi connectivity index (χ2n) is 6.57. The number of aryl methyl sites for hydroxylation is 1. The Morgan fingerprint density at radius 1 is 1.10 bits per heavy atom. The first-order chi connectivity index (χ1) is 18.8. The van der Waals surface area contributed by atoms with Crippen LogP contribution < -0.4 is 5.32 Å². The van der Waals surface area contributed by atoms with Gasteiger partial charge in [0.05, 0.1) is 23.6 Å². The molecule has 2 aromatic carbocycles. The Hall–Kier alpha value is -1.92. The average Bonchev–Trinajstić information content (AvgIpc) is 2.85. The predicted molar refractivity (Wildman–Crippen MR) is 121 cm³/mol. The lowest BCUT2D eigenvalue weighted by atomic mass is 10.1. The zero-order valence-corrected chi connectivity index (χ0v) is 16.9. The Labute approximate surface area is 196 Å². The molecule has 0 radical (unpaired) electrons. The molecule has 0 fully saturated rings. The topological polar surface area (TPSA) is 82.0 Å². The molecule has 0 heterocycles. The summed E-state index contributed by atoms with van der Waals surface area (Å²) in [5.41, 5.74) is -0.837. The molecule has 0 saturated heterocycles. The van der Waals surface area contributed by atoms with Crippen LogP contribution in [0.15, 0.2) is 48.5 Å². The number of hydrogen-bond donors (Lipinski definition) is 4. The zero-order valence-electron chi connectivity index (χ0n) is 27.9. The molecule has 4 N–H and O–H groups in total. The van der Waals surface area contributed by atoms with E-state index in [1.54, 1.807) is 0 Å². The largest absolute Gasteiger partial charge is 0.508 e. The highest BCUT2D eigenvalue weighted by Gasteiger charge is 2.09. The van der Waals surface area contributed by atoms with Gasteiger partial charge in [-0.05, 0) is 61.8 Å². The molecule has 2 unspecified atom stereocenters. The minimum atomic E-state index is -3.32. The van der Waals surface area contributed by atoms with Crippen LogP contribution in [0, 0.1) is 0 Å². The third-order valence-corrected chi connectivity index (χ3v) is 4.20. The molecule has 2 atom stereocenters. The van der Waals surface area contributed by atoms with Crippen molar-refractivity contribution in [3.63, 3.8) is 0 Å². The summed E-state index contributed by atoms with van der Waals surface area (Å²) in [7, 11) is 0. The Balaban J connectivity index is 1.90. The van der Waals surface area contributed by atoms with E-state index in [0.717, 1.165) is 12.8 Å². The lowest BCUT2D eigenvalue weighted by molar-refractivity contribution is 0.126. The second-order valence-corrected chi connectivity index (χ2v) is 6.57. The number of aliphatic hydroxyl groups is 2. The van der Waals surface area contributed by atoms with Gasteiger partial charge < -0.3 is 25.4 Å². The van der Waals surface area contributed by atoms with Crippen LogP contribution in [0.3, 0.4) is 0 Å². The summed E-state index contributed by atoms with van der Waals surface area (Å²) < 4.78 is 92.5. The van der Waals surface area contributed by atoms with E-state index in [0.29, 0.717) is 6.42 Å². The van der Waals surface area contributed by atoms with E-state index in [4.69, 9.17) is 19.8 Å². The van der Waals surface area contributed by atoms with Crippen LogP contribution in [0.5, 0.6) is 5.75 Å². The summed E-state index contributed by atoms with van der Waals surface area (Å²) in [6, 6.07) is 6.78. The predicted octanol–water partition coefficient (Wildman–Crippen LogP) is 4.11. The van der Waals surface area contributed by atoms with Crippen molar-refractivity contribution in [2.75, 3.05) is 26.2 Å². The molecular weight excluding hydrogens is 378 g/mol. The van der Waals surface area contributed by atoms with E-state index in [1.165, 1.54) is 5.56 Å². The Morgan fingerprint density at radius 3 is 2.73 bits per heavy atom. The van der Waals surface area contributed by atoms with Gasteiger partial charge in [0, 0.05) is 29.4 Å². The van der Waals surface area contributed by atoms with Crippen molar-refractivity contribution in [2.45, 2.75) is 57.6 Å². The van der Waals surface area contributed by atoms with Crippen molar-refractivity contribution in [3.8, 4) is 5.75 Å². The number of phenols is 1. The van der Waals surface area contributed by atoms with E-state index < -0.39 is 73.6 Å². The monoisotopic (exact) mass is 426 g/mol. The van der Waals surface area contributed by atoms with Gasteiger partial charge in [-0.25, -0.2) is 0 Å². The highest BCUT2D eigenvalue weighted by atomic mass is 16.5. The van der Waals surface area contributed by atoms with Crippen LogP contribution in [0.2, 0.25) is 0 Å². The van der Waals surface area contributed by atoms with Crippen molar-refractivity contribution in [2.24, 2.45) is 0 Å². The molecule has 5 heteroatoms. The van der Waals surface area contributed by atoms with Gasteiger partial charge >= 0.3 is 0 Å². The highest BCUT2D eigenvalue weighted by Crippen LogP contribution is 2.22. The van der Waals surface area contributed by atoms with Crippen molar-refractivity contribution in [1.82, 2.24) is 5.32 Å². The van der Waals surface area contributed by atoms with Crippen LogP contribution in [0.1, 0.15) is 76.3 Å². The fourth-order valence-corrected chi connectivity index (χ4v) is 2.57. The first-order valence-electron chi connectivity index (χ1n) is 15.5. The van der Waals surface area contributed by atoms with Crippen LogP contribution in [-0.2, 0) is 17.7 Å².